The molecule has 0 saturated carbocycles. The molecule has 0 atom stereocenters. The normalized spacial score (nSPS) is 9.53. The fourth-order valence-corrected chi connectivity index (χ4v) is 1.04. The molecule has 0 spiro atoms. The summed E-state index contributed by atoms with van der Waals surface area (Å²) in [5.41, 5.74) is -0.0303. The third kappa shape index (κ3) is 2.86. The van der Waals surface area contributed by atoms with Crippen LogP contribution in [0.5, 0.6) is 11.5 Å². The zero-order chi connectivity index (χ0) is 11.4. The third-order valence-electron chi connectivity index (χ3n) is 1.64. The van der Waals surface area contributed by atoms with Crippen LogP contribution < -0.4 is 9.39 Å². The molecule has 7 heteroatoms. The van der Waals surface area contributed by atoms with Gasteiger partial charge in [-0.05, 0) is 12.1 Å². The molecule has 0 unspecified atom stereocenters. The van der Waals surface area contributed by atoms with Crippen LogP contribution >= 0.6 is 0 Å². The van der Waals surface area contributed by atoms with Gasteiger partial charge in [-0.25, -0.2) is 4.79 Å². The second-order valence-corrected chi connectivity index (χ2v) is 2.61. The molecule has 0 bridgehead atoms. The Morgan fingerprint density at radius 3 is 2.53 bits per heavy atom. The maximum absolute atomic E-state index is 10.7. The van der Waals surface area contributed by atoms with Crippen molar-refractivity contribution in [1.29, 1.82) is 0 Å². The minimum atomic E-state index is -1.95. The summed E-state index contributed by atoms with van der Waals surface area (Å²) in [5, 5.41) is 25.8. The van der Waals surface area contributed by atoms with E-state index in [1.54, 1.807) is 0 Å². The van der Waals surface area contributed by atoms with Gasteiger partial charge in [-0.3, -0.25) is 0 Å². The Kier molecular flexibility index (Phi) is 3.54. The van der Waals surface area contributed by atoms with Crippen LogP contribution in [0.2, 0.25) is 0 Å². The lowest BCUT2D eigenvalue weighted by Gasteiger charge is -2.08. The highest BCUT2D eigenvalue weighted by Gasteiger charge is 2.15. The first-order valence-electron chi connectivity index (χ1n) is 3.98. The first-order chi connectivity index (χ1) is 7.04. The van der Waals surface area contributed by atoms with Crippen LogP contribution in [0.3, 0.4) is 0 Å². The van der Waals surface area contributed by atoms with Gasteiger partial charge in [0.1, 0.15) is 17.1 Å². The second-order valence-electron chi connectivity index (χ2n) is 2.61. The molecule has 0 radical (unpaired) electrons. The predicted molar refractivity (Wildman–Crippen MR) is 50.8 cm³/mol. The Hall–Kier alpha value is -1.73. The first kappa shape index (κ1) is 11.4. The van der Waals surface area contributed by atoms with E-state index in [9.17, 15) is 4.79 Å². The van der Waals surface area contributed by atoms with Crippen molar-refractivity contribution in [2.75, 3.05) is 7.11 Å². The van der Waals surface area contributed by atoms with Crippen LogP contribution in [-0.2, 0) is 0 Å². The molecule has 0 fully saturated rings. The fraction of sp³-hybridized carbons (Fsp3) is 0.125. The lowest BCUT2D eigenvalue weighted by Crippen LogP contribution is -2.20. The molecule has 80 valence electrons. The fourth-order valence-electron chi connectivity index (χ4n) is 1.04. The van der Waals surface area contributed by atoms with Gasteiger partial charge in [-0.1, -0.05) is 0 Å². The predicted octanol–water partition coefficient (Wildman–Crippen LogP) is -0.258. The number of ether oxygens (including phenoxy) is 1. The average Bonchev–Trinajstić information content (AvgIpc) is 2.16. The molecule has 0 saturated heterocycles. The second kappa shape index (κ2) is 4.67. The molecule has 1 aromatic rings. The molecular weight excluding hydrogens is 203 g/mol. The number of methoxy groups -OCH3 is 1. The average molecular weight is 212 g/mol. The number of carboxylic acid groups (broad SMARTS) is 1. The minimum Gasteiger partial charge on any atom is -0.512 e. The van der Waals surface area contributed by atoms with Gasteiger partial charge < -0.3 is 24.5 Å². The van der Waals surface area contributed by atoms with Crippen molar-refractivity contribution in [1.82, 2.24) is 0 Å². The third-order valence-corrected chi connectivity index (χ3v) is 1.64. The number of benzene rings is 1. The van der Waals surface area contributed by atoms with E-state index in [4.69, 9.17) is 19.9 Å². The minimum absolute atomic E-state index is 0.0303. The lowest BCUT2D eigenvalue weighted by molar-refractivity contribution is 0.0693. The van der Waals surface area contributed by atoms with E-state index in [-0.39, 0.29) is 17.1 Å². The SMILES string of the molecule is COc1cc(OB(O)O)ccc1C(=O)O. The summed E-state index contributed by atoms with van der Waals surface area (Å²) in [5.74, 6) is -0.949. The number of aromatic carboxylic acids is 1. The maximum Gasteiger partial charge on any atom is 0.707 e. The van der Waals surface area contributed by atoms with Crippen molar-refractivity contribution in [3.63, 3.8) is 0 Å². The molecule has 0 aliphatic carbocycles. The molecular formula is C8H9BO6. The summed E-state index contributed by atoms with van der Waals surface area (Å²) >= 11 is 0. The number of rotatable bonds is 4. The van der Waals surface area contributed by atoms with Gasteiger partial charge in [-0.2, -0.15) is 0 Å². The Labute approximate surface area is 85.9 Å². The summed E-state index contributed by atoms with van der Waals surface area (Å²) in [6.45, 7) is 0. The highest BCUT2D eigenvalue weighted by molar-refractivity contribution is 6.33. The standard InChI is InChI=1S/C8H9BO6/c1-14-7-4-5(15-9(12)13)2-3-6(7)8(10)11/h2-4,12-13H,1H3,(H,10,11). The van der Waals surface area contributed by atoms with Gasteiger partial charge >= 0.3 is 13.3 Å². The summed E-state index contributed by atoms with van der Waals surface area (Å²) in [4.78, 5) is 10.7. The molecule has 0 aromatic heterocycles. The highest BCUT2D eigenvalue weighted by atomic mass is 16.6. The summed E-state index contributed by atoms with van der Waals surface area (Å²) < 4.78 is 9.33. The monoisotopic (exact) mass is 212 g/mol. The van der Waals surface area contributed by atoms with E-state index in [0.29, 0.717) is 0 Å². The zero-order valence-corrected chi connectivity index (χ0v) is 7.88. The van der Waals surface area contributed by atoms with Crippen LogP contribution in [0.25, 0.3) is 0 Å². The van der Waals surface area contributed by atoms with Crippen molar-refractivity contribution < 1.29 is 29.3 Å². The highest BCUT2D eigenvalue weighted by Crippen LogP contribution is 2.24. The number of carbonyl (C=O) groups is 1. The van der Waals surface area contributed by atoms with Crippen molar-refractivity contribution in [3.05, 3.63) is 23.8 Å². The quantitative estimate of drug-likeness (QED) is 0.595. The smallest absolute Gasteiger partial charge is 0.512 e. The molecule has 0 aliphatic heterocycles. The molecule has 15 heavy (non-hydrogen) atoms. The van der Waals surface area contributed by atoms with Crippen molar-refractivity contribution in [3.8, 4) is 11.5 Å². The van der Waals surface area contributed by atoms with E-state index in [0.717, 1.165) is 0 Å². The summed E-state index contributed by atoms with van der Waals surface area (Å²) in [7, 11) is -0.647. The Morgan fingerprint density at radius 2 is 2.07 bits per heavy atom. The summed E-state index contributed by atoms with van der Waals surface area (Å²) in [6.07, 6.45) is 0. The van der Waals surface area contributed by atoms with Gasteiger partial charge in [0, 0.05) is 6.07 Å². The number of carboxylic acids is 1. The van der Waals surface area contributed by atoms with Crippen LogP contribution in [0.15, 0.2) is 18.2 Å². The Bertz CT molecular complexity index is 364. The van der Waals surface area contributed by atoms with Gasteiger partial charge in [0.15, 0.2) is 0 Å². The van der Waals surface area contributed by atoms with Crippen molar-refractivity contribution >= 4 is 13.3 Å². The molecule has 1 aromatic carbocycles. The van der Waals surface area contributed by atoms with E-state index in [1.807, 2.05) is 0 Å². The van der Waals surface area contributed by atoms with Crippen LogP contribution in [0.4, 0.5) is 0 Å². The van der Waals surface area contributed by atoms with Gasteiger partial charge in [0.25, 0.3) is 0 Å². The van der Waals surface area contributed by atoms with Gasteiger partial charge in [0.2, 0.25) is 0 Å². The molecule has 0 amide bonds. The Morgan fingerprint density at radius 1 is 1.40 bits per heavy atom. The van der Waals surface area contributed by atoms with Crippen LogP contribution in [0.1, 0.15) is 10.4 Å². The van der Waals surface area contributed by atoms with Gasteiger partial charge in [-0.15, -0.1) is 0 Å². The first-order valence-corrected chi connectivity index (χ1v) is 3.98. The van der Waals surface area contributed by atoms with Crippen LogP contribution in [-0.4, -0.2) is 35.6 Å². The van der Waals surface area contributed by atoms with Crippen LogP contribution in [0, 0.1) is 0 Å². The largest absolute Gasteiger partial charge is 0.707 e. The molecule has 0 heterocycles. The Balaban J connectivity index is 3.02. The van der Waals surface area contributed by atoms with Crippen molar-refractivity contribution in [2.24, 2.45) is 0 Å². The summed E-state index contributed by atoms with van der Waals surface area (Å²) in [6, 6.07) is 3.80. The van der Waals surface area contributed by atoms with E-state index in [1.165, 1.54) is 25.3 Å². The maximum atomic E-state index is 10.7. The zero-order valence-electron chi connectivity index (χ0n) is 7.88. The number of hydrogen-bond acceptors (Lipinski definition) is 5. The molecule has 3 N–H and O–H groups in total. The molecule has 1 rings (SSSR count). The lowest BCUT2D eigenvalue weighted by atomic mass is 10.1. The van der Waals surface area contributed by atoms with Crippen molar-refractivity contribution in [2.45, 2.75) is 0 Å². The topological polar surface area (TPSA) is 96.2 Å². The van der Waals surface area contributed by atoms with E-state index in [2.05, 4.69) is 4.65 Å². The van der Waals surface area contributed by atoms with E-state index < -0.39 is 13.3 Å². The molecule has 0 aliphatic rings. The molecule has 6 nitrogen and oxygen atoms in total. The number of hydrogen-bond donors (Lipinski definition) is 3. The van der Waals surface area contributed by atoms with Gasteiger partial charge in [0.05, 0.1) is 7.11 Å². The van der Waals surface area contributed by atoms with E-state index >= 15 is 0 Å².